The Morgan fingerprint density at radius 1 is 1.47 bits per heavy atom. The lowest BCUT2D eigenvalue weighted by Crippen LogP contribution is -2.13. The van der Waals surface area contributed by atoms with Crippen LogP contribution in [-0.4, -0.2) is 17.8 Å². The van der Waals surface area contributed by atoms with Gasteiger partial charge in [-0.1, -0.05) is 0 Å². The first-order valence-corrected chi connectivity index (χ1v) is 5.10. The third-order valence-corrected chi connectivity index (χ3v) is 3.04. The van der Waals surface area contributed by atoms with Crippen LogP contribution in [0.2, 0.25) is 0 Å². The predicted molar refractivity (Wildman–Crippen MR) is 55.6 cm³/mol. The van der Waals surface area contributed by atoms with Crippen molar-refractivity contribution in [2.24, 2.45) is 0 Å². The molecule has 0 spiro atoms. The van der Waals surface area contributed by atoms with Crippen molar-refractivity contribution in [1.82, 2.24) is 0 Å². The summed E-state index contributed by atoms with van der Waals surface area (Å²) in [5.41, 5.74) is 0.749. The van der Waals surface area contributed by atoms with Crippen molar-refractivity contribution in [3.05, 3.63) is 29.1 Å². The molecule has 0 unspecified atom stereocenters. The molecule has 1 aromatic rings. The normalized spacial score (nSPS) is 17.6. The maximum atomic E-state index is 13.4. The van der Waals surface area contributed by atoms with Crippen LogP contribution in [0.4, 0.5) is 4.39 Å². The van der Waals surface area contributed by atoms with Crippen molar-refractivity contribution in [3.8, 4) is 5.75 Å². The molecule has 3 heteroatoms. The summed E-state index contributed by atoms with van der Waals surface area (Å²) in [6.07, 6.45) is 2.08. The molecule has 0 atom stereocenters. The van der Waals surface area contributed by atoms with Gasteiger partial charge in [0, 0.05) is 12.0 Å². The van der Waals surface area contributed by atoms with E-state index in [4.69, 9.17) is 4.74 Å². The number of aliphatic hydroxyl groups is 1. The maximum absolute atomic E-state index is 13.4. The zero-order valence-corrected chi connectivity index (χ0v) is 9.01. The van der Waals surface area contributed by atoms with Gasteiger partial charge in [-0.25, -0.2) is 4.39 Å². The summed E-state index contributed by atoms with van der Waals surface area (Å²) in [4.78, 5) is 0. The zero-order chi connectivity index (χ0) is 11.1. The van der Waals surface area contributed by atoms with Crippen LogP contribution in [0.5, 0.6) is 5.75 Å². The molecule has 1 saturated carbocycles. The molecule has 0 aromatic heterocycles. The third-order valence-electron chi connectivity index (χ3n) is 3.04. The molecule has 0 bridgehead atoms. The molecule has 2 rings (SSSR count). The van der Waals surface area contributed by atoms with Gasteiger partial charge in [0.15, 0.2) is 0 Å². The van der Waals surface area contributed by atoms with Crippen LogP contribution < -0.4 is 4.74 Å². The molecule has 0 radical (unpaired) electrons. The van der Waals surface area contributed by atoms with Gasteiger partial charge in [0.25, 0.3) is 0 Å². The second-order valence-corrected chi connectivity index (χ2v) is 4.25. The van der Waals surface area contributed by atoms with E-state index in [1.165, 1.54) is 6.07 Å². The molecule has 1 aliphatic rings. The standard InChI is InChI=1S/C12H15FO2/c1-8-9(7-12(14)5-6-12)11(15-2)4-3-10(8)13/h3-4,14H,5-7H2,1-2H3. The number of ether oxygens (including phenoxy) is 1. The first-order valence-electron chi connectivity index (χ1n) is 5.10. The zero-order valence-electron chi connectivity index (χ0n) is 9.01. The van der Waals surface area contributed by atoms with Gasteiger partial charge in [0.1, 0.15) is 11.6 Å². The Kier molecular flexibility index (Phi) is 2.43. The average molecular weight is 210 g/mol. The predicted octanol–water partition coefficient (Wildman–Crippen LogP) is 2.21. The second-order valence-electron chi connectivity index (χ2n) is 4.25. The lowest BCUT2D eigenvalue weighted by Gasteiger charge is -2.15. The molecule has 0 amide bonds. The van der Waals surface area contributed by atoms with Crippen molar-refractivity contribution in [2.75, 3.05) is 7.11 Å². The van der Waals surface area contributed by atoms with Crippen molar-refractivity contribution < 1.29 is 14.2 Å². The summed E-state index contributed by atoms with van der Waals surface area (Å²) in [5, 5.41) is 9.84. The second kappa shape index (κ2) is 3.49. The molecule has 2 nitrogen and oxygen atoms in total. The molecule has 1 aromatic carbocycles. The smallest absolute Gasteiger partial charge is 0.126 e. The van der Waals surface area contributed by atoms with Crippen LogP contribution in [0.3, 0.4) is 0 Å². The van der Waals surface area contributed by atoms with E-state index < -0.39 is 5.60 Å². The number of rotatable bonds is 3. The van der Waals surface area contributed by atoms with E-state index in [2.05, 4.69) is 0 Å². The Bertz CT molecular complexity index is 383. The van der Waals surface area contributed by atoms with Gasteiger partial charge in [0.2, 0.25) is 0 Å². The minimum Gasteiger partial charge on any atom is -0.496 e. The van der Waals surface area contributed by atoms with E-state index in [9.17, 15) is 9.50 Å². The van der Waals surface area contributed by atoms with Crippen molar-refractivity contribution in [2.45, 2.75) is 31.8 Å². The highest BCUT2D eigenvalue weighted by atomic mass is 19.1. The topological polar surface area (TPSA) is 29.5 Å². The molecular weight excluding hydrogens is 195 g/mol. The third kappa shape index (κ3) is 1.97. The fourth-order valence-corrected chi connectivity index (χ4v) is 1.76. The number of methoxy groups -OCH3 is 1. The minimum absolute atomic E-state index is 0.241. The Labute approximate surface area is 88.7 Å². The van der Waals surface area contributed by atoms with Crippen LogP contribution in [0.15, 0.2) is 12.1 Å². The number of benzene rings is 1. The Hall–Kier alpha value is -1.09. The maximum Gasteiger partial charge on any atom is 0.126 e. The highest BCUT2D eigenvalue weighted by molar-refractivity contribution is 5.42. The fraction of sp³-hybridized carbons (Fsp3) is 0.500. The summed E-state index contributed by atoms with van der Waals surface area (Å²) < 4.78 is 18.5. The summed E-state index contributed by atoms with van der Waals surface area (Å²) in [6, 6.07) is 3.01. The van der Waals surface area contributed by atoms with E-state index in [1.54, 1.807) is 20.1 Å². The molecule has 15 heavy (non-hydrogen) atoms. The Balaban J connectivity index is 2.37. The first kappa shape index (κ1) is 10.4. The highest BCUT2D eigenvalue weighted by Crippen LogP contribution is 2.41. The Morgan fingerprint density at radius 2 is 2.13 bits per heavy atom. The van der Waals surface area contributed by atoms with Crippen molar-refractivity contribution in [1.29, 1.82) is 0 Å². The van der Waals surface area contributed by atoms with E-state index in [-0.39, 0.29) is 5.82 Å². The minimum atomic E-state index is -0.619. The molecule has 1 N–H and O–H groups in total. The highest BCUT2D eigenvalue weighted by Gasteiger charge is 2.41. The van der Waals surface area contributed by atoms with Crippen LogP contribution in [-0.2, 0) is 6.42 Å². The molecule has 0 saturated heterocycles. The Morgan fingerprint density at radius 3 is 2.67 bits per heavy atom. The number of hydrogen-bond donors (Lipinski definition) is 1. The first-order chi connectivity index (χ1) is 7.06. The summed E-state index contributed by atoms with van der Waals surface area (Å²) in [7, 11) is 1.56. The van der Waals surface area contributed by atoms with Gasteiger partial charge >= 0.3 is 0 Å². The van der Waals surface area contributed by atoms with Gasteiger partial charge in [-0.3, -0.25) is 0 Å². The molecule has 82 valence electrons. The lowest BCUT2D eigenvalue weighted by molar-refractivity contribution is 0.149. The average Bonchev–Trinajstić information content (AvgIpc) is 2.92. The molecular formula is C12H15FO2. The SMILES string of the molecule is COc1ccc(F)c(C)c1CC1(O)CC1. The van der Waals surface area contributed by atoms with E-state index in [0.29, 0.717) is 17.7 Å². The molecule has 0 aliphatic heterocycles. The molecule has 0 heterocycles. The van der Waals surface area contributed by atoms with Crippen molar-refractivity contribution >= 4 is 0 Å². The van der Waals surface area contributed by atoms with Gasteiger partial charge in [-0.15, -0.1) is 0 Å². The summed E-state index contributed by atoms with van der Waals surface area (Å²) >= 11 is 0. The lowest BCUT2D eigenvalue weighted by atomic mass is 10.00. The summed E-state index contributed by atoms with van der Waals surface area (Å²) in [6.45, 7) is 1.72. The summed E-state index contributed by atoms with van der Waals surface area (Å²) in [5.74, 6) is 0.421. The van der Waals surface area contributed by atoms with E-state index >= 15 is 0 Å². The van der Waals surface area contributed by atoms with Gasteiger partial charge in [-0.05, 0) is 37.5 Å². The van der Waals surface area contributed by atoms with Crippen LogP contribution >= 0.6 is 0 Å². The number of hydrogen-bond acceptors (Lipinski definition) is 2. The largest absolute Gasteiger partial charge is 0.496 e. The van der Waals surface area contributed by atoms with Crippen LogP contribution in [0.25, 0.3) is 0 Å². The van der Waals surface area contributed by atoms with Crippen LogP contribution in [0.1, 0.15) is 24.0 Å². The fourth-order valence-electron chi connectivity index (χ4n) is 1.76. The van der Waals surface area contributed by atoms with Gasteiger partial charge in [-0.2, -0.15) is 0 Å². The number of halogens is 1. The van der Waals surface area contributed by atoms with Gasteiger partial charge < -0.3 is 9.84 Å². The molecule has 1 fully saturated rings. The van der Waals surface area contributed by atoms with E-state index in [0.717, 1.165) is 18.4 Å². The quantitative estimate of drug-likeness (QED) is 0.828. The van der Waals surface area contributed by atoms with Gasteiger partial charge in [0.05, 0.1) is 12.7 Å². The van der Waals surface area contributed by atoms with E-state index in [1.807, 2.05) is 0 Å². The van der Waals surface area contributed by atoms with Crippen molar-refractivity contribution in [3.63, 3.8) is 0 Å². The van der Waals surface area contributed by atoms with Crippen LogP contribution in [0, 0.1) is 12.7 Å². The molecule has 1 aliphatic carbocycles. The monoisotopic (exact) mass is 210 g/mol.